The molecule has 0 atom stereocenters. The fourth-order valence-electron chi connectivity index (χ4n) is 2.60. The van der Waals surface area contributed by atoms with Gasteiger partial charge in [0.25, 0.3) is 0 Å². The van der Waals surface area contributed by atoms with E-state index in [0.717, 1.165) is 11.1 Å². The van der Waals surface area contributed by atoms with Crippen molar-refractivity contribution in [2.24, 2.45) is 0 Å². The molecule has 2 rings (SSSR count). The van der Waals surface area contributed by atoms with Crippen LogP contribution in [-0.4, -0.2) is 53.7 Å². The second-order valence-electron chi connectivity index (χ2n) is 5.63. The Morgan fingerprint density at radius 2 is 1.41 bits per heavy atom. The van der Waals surface area contributed by atoms with Crippen molar-refractivity contribution in [3.63, 3.8) is 0 Å². The molecule has 1 aromatic carbocycles. The number of carbonyl (C=O) groups is 3. The number of amides is 3. The zero-order chi connectivity index (χ0) is 16.3. The lowest BCUT2D eigenvalue weighted by Crippen LogP contribution is -2.52. The SMILES string of the molecule is CC(=O)N1CCN(C(=O)C(=O)Nc2cc(C)cc(C)c2)CC1. The summed E-state index contributed by atoms with van der Waals surface area (Å²) in [5.74, 6) is -1.20. The minimum absolute atomic E-state index is 0.00761. The number of aryl methyl sites for hydroxylation is 2. The number of piperazine rings is 1. The Morgan fingerprint density at radius 1 is 0.909 bits per heavy atom. The second-order valence-corrected chi connectivity index (χ2v) is 5.63. The number of anilines is 1. The van der Waals surface area contributed by atoms with E-state index < -0.39 is 11.8 Å². The molecule has 1 aromatic rings. The molecule has 0 spiro atoms. The Labute approximate surface area is 130 Å². The van der Waals surface area contributed by atoms with Gasteiger partial charge in [-0.1, -0.05) is 6.07 Å². The highest BCUT2D eigenvalue weighted by molar-refractivity contribution is 6.39. The Morgan fingerprint density at radius 3 is 1.91 bits per heavy atom. The van der Waals surface area contributed by atoms with E-state index >= 15 is 0 Å². The van der Waals surface area contributed by atoms with Gasteiger partial charge in [0, 0.05) is 38.8 Å². The lowest BCUT2D eigenvalue weighted by Gasteiger charge is -2.33. The van der Waals surface area contributed by atoms with E-state index in [4.69, 9.17) is 0 Å². The predicted octanol–water partition coefficient (Wildman–Crippen LogP) is 0.933. The van der Waals surface area contributed by atoms with Crippen molar-refractivity contribution in [1.82, 2.24) is 9.80 Å². The number of hydrogen-bond donors (Lipinski definition) is 1. The van der Waals surface area contributed by atoms with Crippen molar-refractivity contribution in [2.45, 2.75) is 20.8 Å². The van der Waals surface area contributed by atoms with Gasteiger partial charge in [0.05, 0.1) is 0 Å². The summed E-state index contributed by atoms with van der Waals surface area (Å²) in [4.78, 5) is 38.6. The highest BCUT2D eigenvalue weighted by atomic mass is 16.2. The molecular weight excluding hydrogens is 282 g/mol. The van der Waals surface area contributed by atoms with Crippen LogP contribution in [0.4, 0.5) is 5.69 Å². The zero-order valence-electron chi connectivity index (χ0n) is 13.2. The molecule has 3 amide bonds. The number of carbonyl (C=O) groups excluding carboxylic acids is 3. The summed E-state index contributed by atoms with van der Waals surface area (Å²) in [6.45, 7) is 7.09. The highest BCUT2D eigenvalue weighted by Gasteiger charge is 2.26. The maximum Gasteiger partial charge on any atom is 0.313 e. The Bertz CT molecular complexity index is 584. The van der Waals surface area contributed by atoms with Gasteiger partial charge in [-0.3, -0.25) is 14.4 Å². The number of hydrogen-bond acceptors (Lipinski definition) is 3. The summed E-state index contributed by atoms with van der Waals surface area (Å²) in [6, 6.07) is 5.65. The third-order valence-corrected chi connectivity index (χ3v) is 3.69. The van der Waals surface area contributed by atoms with Gasteiger partial charge in [-0.15, -0.1) is 0 Å². The van der Waals surface area contributed by atoms with Crippen molar-refractivity contribution in [1.29, 1.82) is 0 Å². The van der Waals surface area contributed by atoms with E-state index in [9.17, 15) is 14.4 Å². The van der Waals surface area contributed by atoms with Crippen LogP contribution in [0.3, 0.4) is 0 Å². The standard InChI is InChI=1S/C16H21N3O3/c1-11-8-12(2)10-14(9-11)17-15(21)16(22)19-6-4-18(5-7-19)13(3)20/h8-10H,4-7H2,1-3H3,(H,17,21). The lowest BCUT2D eigenvalue weighted by molar-refractivity contribution is -0.145. The molecule has 1 heterocycles. The molecule has 1 N–H and O–H groups in total. The van der Waals surface area contributed by atoms with Crippen LogP contribution in [0.15, 0.2) is 18.2 Å². The smallest absolute Gasteiger partial charge is 0.313 e. The molecule has 1 saturated heterocycles. The van der Waals surface area contributed by atoms with Crippen LogP contribution in [-0.2, 0) is 14.4 Å². The van der Waals surface area contributed by atoms with Gasteiger partial charge in [-0.25, -0.2) is 0 Å². The topological polar surface area (TPSA) is 69.7 Å². The summed E-state index contributed by atoms with van der Waals surface area (Å²) in [6.07, 6.45) is 0. The highest BCUT2D eigenvalue weighted by Crippen LogP contribution is 2.14. The number of nitrogens with zero attached hydrogens (tertiary/aromatic N) is 2. The molecule has 6 nitrogen and oxygen atoms in total. The molecule has 6 heteroatoms. The van der Waals surface area contributed by atoms with Crippen LogP contribution in [0.5, 0.6) is 0 Å². The first-order valence-corrected chi connectivity index (χ1v) is 7.31. The minimum atomic E-state index is -0.638. The summed E-state index contributed by atoms with van der Waals surface area (Å²) < 4.78 is 0. The van der Waals surface area contributed by atoms with E-state index in [1.54, 1.807) is 4.90 Å². The first-order chi connectivity index (χ1) is 10.4. The van der Waals surface area contributed by atoms with Crippen LogP contribution in [0.2, 0.25) is 0 Å². The third kappa shape index (κ3) is 3.84. The summed E-state index contributed by atoms with van der Waals surface area (Å²) in [5, 5.41) is 2.64. The number of rotatable bonds is 1. The van der Waals surface area contributed by atoms with Gasteiger partial charge in [0.15, 0.2) is 0 Å². The van der Waals surface area contributed by atoms with Crippen LogP contribution >= 0.6 is 0 Å². The minimum Gasteiger partial charge on any atom is -0.339 e. The van der Waals surface area contributed by atoms with E-state index in [2.05, 4.69) is 5.32 Å². The van der Waals surface area contributed by atoms with Gasteiger partial charge < -0.3 is 15.1 Å². The van der Waals surface area contributed by atoms with Crippen molar-refractivity contribution >= 4 is 23.4 Å². The van der Waals surface area contributed by atoms with Crippen molar-refractivity contribution in [3.05, 3.63) is 29.3 Å². The Kier molecular flexibility index (Phi) is 4.80. The number of nitrogens with one attached hydrogen (secondary N) is 1. The molecule has 1 aliphatic rings. The van der Waals surface area contributed by atoms with E-state index in [1.807, 2.05) is 32.0 Å². The maximum atomic E-state index is 12.2. The fraction of sp³-hybridized carbons (Fsp3) is 0.438. The molecule has 118 valence electrons. The third-order valence-electron chi connectivity index (χ3n) is 3.69. The Hall–Kier alpha value is -2.37. The first kappa shape index (κ1) is 16.0. The molecule has 0 unspecified atom stereocenters. The molecular formula is C16H21N3O3. The van der Waals surface area contributed by atoms with Crippen LogP contribution in [0, 0.1) is 13.8 Å². The van der Waals surface area contributed by atoms with Crippen LogP contribution < -0.4 is 5.32 Å². The zero-order valence-corrected chi connectivity index (χ0v) is 13.2. The molecule has 0 aliphatic carbocycles. The first-order valence-electron chi connectivity index (χ1n) is 7.31. The average molecular weight is 303 g/mol. The van der Waals surface area contributed by atoms with E-state index in [0.29, 0.717) is 31.9 Å². The molecule has 22 heavy (non-hydrogen) atoms. The van der Waals surface area contributed by atoms with Gasteiger partial charge in [0.2, 0.25) is 5.91 Å². The largest absolute Gasteiger partial charge is 0.339 e. The van der Waals surface area contributed by atoms with Crippen LogP contribution in [0.25, 0.3) is 0 Å². The lowest BCUT2D eigenvalue weighted by atomic mass is 10.1. The van der Waals surface area contributed by atoms with Gasteiger partial charge in [0.1, 0.15) is 0 Å². The van der Waals surface area contributed by atoms with Gasteiger partial charge >= 0.3 is 11.8 Å². The normalized spacial score (nSPS) is 14.7. The number of benzene rings is 1. The molecule has 0 radical (unpaired) electrons. The summed E-state index contributed by atoms with van der Waals surface area (Å²) in [7, 11) is 0. The predicted molar refractivity (Wildman–Crippen MR) is 83.4 cm³/mol. The molecule has 1 fully saturated rings. The molecule has 0 saturated carbocycles. The quantitative estimate of drug-likeness (QED) is 0.785. The average Bonchev–Trinajstić information content (AvgIpc) is 2.45. The van der Waals surface area contributed by atoms with Gasteiger partial charge in [-0.2, -0.15) is 0 Å². The van der Waals surface area contributed by atoms with Crippen molar-refractivity contribution < 1.29 is 14.4 Å². The molecule has 0 bridgehead atoms. The maximum absolute atomic E-state index is 12.2. The fourth-order valence-corrected chi connectivity index (χ4v) is 2.60. The van der Waals surface area contributed by atoms with Crippen molar-refractivity contribution in [3.8, 4) is 0 Å². The van der Waals surface area contributed by atoms with Crippen LogP contribution in [0.1, 0.15) is 18.1 Å². The van der Waals surface area contributed by atoms with E-state index in [-0.39, 0.29) is 5.91 Å². The summed E-state index contributed by atoms with van der Waals surface area (Å²) in [5.41, 5.74) is 2.67. The van der Waals surface area contributed by atoms with Gasteiger partial charge in [-0.05, 0) is 37.1 Å². The summed E-state index contributed by atoms with van der Waals surface area (Å²) >= 11 is 0. The molecule has 0 aromatic heterocycles. The molecule has 1 aliphatic heterocycles. The monoisotopic (exact) mass is 303 g/mol. The van der Waals surface area contributed by atoms with E-state index in [1.165, 1.54) is 11.8 Å². The second kappa shape index (κ2) is 6.60. The van der Waals surface area contributed by atoms with Crippen molar-refractivity contribution in [2.75, 3.05) is 31.5 Å². The Balaban J connectivity index is 1.95.